The molecule has 0 saturated carbocycles. The van der Waals surface area contributed by atoms with Crippen molar-refractivity contribution in [3.63, 3.8) is 0 Å². The van der Waals surface area contributed by atoms with Gasteiger partial charge in [-0.3, -0.25) is 4.79 Å². The van der Waals surface area contributed by atoms with Gasteiger partial charge in [0, 0.05) is 11.4 Å². The van der Waals surface area contributed by atoms with E-state index in [0.29, 0.717) is 5.69 Å². The molecule has 1 aromatic heterocycles. The number of thiazole rings is 1. The maximum atomic E-state index is 11.5. The quantitative estimate of drug-likeness (QED) is 0.691. The first kappa shape index (κ1) is 12.1. The Morgan fingerprint density at radius 2 is 2.40 bits per heavy atom. The molecule has 4 N–H and O–H groups in total. The van der Waals surface area contributed by atoms with Crippen molar-refractivity contribution >= 4 is 17.2 Å². The first-order valence-electron chi connectivity index (χ1n) is 4.67. The average Bonchev–Trinajstić information content (AvgIpc) is 2.66. The summed E-state index contributed by atoms with van der Waals surface area (Å²) in [7, 11) is 0. The van der Waals surface area contributed by atoms with Crippen LogP contribution in [0.3, 0.4) is 0 Å². The Morgan fingerprint density at radius 1 is 1.73 bits per heavy atom. The van der Waals surface area contributed by atoms with Gasteiger partial charge < -0.3 is 16.2 Å². The van der Waals surface area contributed by atoms with Crippen molar-refractivity contribution in [2.75, 3.05) is 6.61 Å². The summed E-state index contributed by atoms with van der Waals surface area (Å²) in [6.07, 6.45) is 0. The van der Waals surface area contributed by atoms with E-state index in [1.54, 1.807) is 12.3 Å². The molecule has 1 amide bonds. The van der Waals surface area contributed by atoms with Crippen LogP contribution in [0.15, 0.2) is 5.38 Å². The normalized spacial score (nSPS) is 14.7. The van der Waals surface area contributed by atoms with E-state index in [0.717, 1.165) is 5.01 Å². The van der Waals surface area contributed by atoms with E-state index in [-0.39, 0.29) is 24.6 Å². The van der Waals surface area contributed by atoms with Crippen LogP contribution in [0.25, 0.3) is 0 Å². The number of rotatable bonds is 4. The number of amides is 1. The summed E-state index contributed by atoms with van der Waals surface area (Å²) in [5.41, 5.74) is 5.99. The lowest BCUT2D eigenvalue weighted by atomic mass is 10.3. The second kappa shape index (κ2) is 5.20. The monoisotopic (exact) mass is 229 g/mol. The minimum Gasteiger partial charge on any atom is -0.394 e. The van der Waals surface area contributed by atoms with Gasteiger partial charge in [-0.15, -0.1) is 11.3 Å². The molecule has 0 aliphatic rings. The Balaban J connectivity index is 2.66. The minimum atomic E-state index is -0.278. The summed E-state index contributed by atoms with van der Waals surface area (Å²) in [5.74, 6) is -0.278. The van der Waals surface area contributed by atoms with Gasteiger partial charge in [0.05, 0.1) is 12.6 Å². The van der Waals surface area contributed by atoms with Crippen LogP contribution in [-0.2, 0) is 0 Å². The van der Waals surface area contributed by atoms with Crippen molar-refractivity contribution < 1.29 is 9.90 Å². The van der Waals surface area contributed by atoms with Crippen molar-refractivity contribution in [2.45, 2.75) is 25.9 Å². The molecule has 0 spiro atoms. The van der Waals surface area contributed by atoms with Crippen molar-refractivity contribution in [1.82, 2.24) is 10.3 Å². The Kier molecular flexibility index (Phi) is 4.19. The fraction of sp³-hybridized carbons (Fsp3) is 0.556. The summed E-state index contributed by atoms with van der Waals surface area (Å²) in [6, 6.07) is -0.426. The molecule has 0 fully saturated rings. The molecule has 15 heavy (non-hydrogen) atoms. The molecule has 1 unspecified atom stereocenters. The Bertz CT molecular complexity index is 338. The molecule has 0 aliphatic heterocycles. The SMILES string of the molecule is CC(N)c1nc(C(=O)N[C@@H](C)CO)cs1. The molecule has 0 aromatic carbocycles. The molecule has 0 saturated heterocycles. The Morgan fingerprint density at radius 3 is 2.87 bits per heavy atom. The van der Waals surface area contributed by atoms with E-state index >= 15 is 0 Å². The van der Waals surface area contributed by atoms with Crippen LogP contribution in [-0.4, -0.2) is 28.6 Å². The summed E-state index contributed by atoms with van der Waals surface area (Å²) in [4.78, 5) is 15.6. The highest BCUT2D eigenvalue weighted by Crippen LogP contribution is 2.15. The van der Waals surface area contributed by atoms with E-state index in [1.165, 1.54) is 11.3 Å². The minimum absolute atomic E-state index is 0.0873. The molecule has 5 nitrogen and oxygen atoms in total. The molecule has 1 aromatic rings. The average molecular weight is 229 g/mol. The van der Waals surface area contributed by atoms with Crippen LogP contribution >= 0.6 is 11.3 Å². The number of aliphatic hydroxyl groups is 1. The van der Waals surface area contributed by atoms with Crippen molar-refractivity contribution in [3.05, 3.63) is 16.1 Å². The van der Waals surface area contributed by atoms with Crippen molar-refractivity contribution in [1.29, 1.82) is 0 Å². The third kappa shape index (κ3) is 3.26. The summed E-state index contributed by atoms with van der Waals surface area (Å²) in [5, 5.41) is 13.8. The van der Waals surface area contributed by atoms with Gasteiger partial charge in [-0.1, -0.05) is 0 Å². The standard InChI is InChI=1S/C9H15N3O2S/c1-5(3-13)11-8(14)7-4-15-9(12-7)6(2)10/h4-6,13H,3,10H2,1-2H3,(H,11,14)/t5-,6?/m0/s1. The van der Waals surface area contributed by atoms with Gasteiger partial charge in [0.25, 0.3) is 5.91 Å². The maximum absolute atomic E-state index is 11.5. The zero-order chi connectivity index (χ0) is 11.4. The third-order valence-corrected chi connectivity index (χ3v) is 2.84. The fourth-order valence-electron chi connectivity index (χ4n) is 0.944. The molecule has 84 valence electrons. The predicted octanol–water partition coefficient (Wildman–Crippen LogP) is 0.273. The Hall–Kier alpha value is -0.980. The van der Waals surface area contributed by atoms with Crippen LogP contribution in [0.5, 0.6) is 0 Å². The van der Waals surface area contributed by atoms with Gasteiger partial charge in [-0.2, -0.15) is 0 Å². The van der Waals surface area contributed by atoms with E-state index in [4.69, 9.17) is 10.8 Å². The zero-order valence-electron chi connectivity index (χ0n) is 8.73. The Labute approximate surface area is 92.3 Å². The number of hydrogen-bond donors (Lipinski definition) is 3. The van der Waals surface area contributed by atoms with E-state index in [2.05, 4.69) is 10.3 Å². The van der Waals surface area contributed by atoms with Crippen LogP contribution < -0.4 is 11.1 Å². The second-order valence-electron chi connectivity index (χ2n) is 3.42. The summed E-state index contributed by atoms with van der Waals surface area (Å²) >= 11 is 1.36. The summed E-state index contributed by atoms with van der Waals surface area (Å²) < 4.78 is 0. The molecule has 1 heterocycles. The molecule has 0 bridgehead atoms. The van der Waals surface area contributed by atoms with Crippen LogP contribution in [0, 0.1) is 0 Å². The van der Waals surface area contributed by atoms with Crippen LogP contribution in [0.4, 0.5) is 0 Å². The lowest BCUT2D eigenvalue weighted by Gasteiger charge is -2.08. The van der Waals surface area contributed by atoms with Gasteiger partial charge in [0.15, 0.2) is 0 Å². The number of hydrogen-bond acceptors (Lipinski definition) is 5. The smallest absolute Gasteiger partial charge is 0.271 e. The lowest BCUT2D eigenvalue weighted by molar-refractivity contribution is 0.0918. The molecule has 1 rings (SSSR count). The first-order valence-corrected chi connectivity index (χ1v) is 5.55. The van der Waals surface area contributed by atoms with Gasteiger partial charge in [0.2, 0.25) is 0 Å². The summed E-state index contributed by atoms with van der Waals surface area (Å²) in [6.45, 7) is 3.45. The van der Waals surface area contributed by atoms with Gasteiger partial charge in [-0.25, -0.2) is 4.98 Å². The van der Waals surface area contributed by atoms with E-state index in [1.807, 2.05) is 6.92 Å². The lowest BCUT2D eigenvalue weighted by Crippen LogP contribution is -2.35. The van der Waals surface area contributed by atoms with Gasteiger partial charge in [-0.05, 0) is 13.8 Å². The van der Waals surface area contributed by atoms with Crippen LogP contribution in [0.1, 0.15) is 35.4 Å². The fourth-order valence-corrected chi connectivity index (χ4v) is 1.70. The molecule has 2 atom stereocenters. The zero-order valence-corrected chi connectivity index (χ0v) is 9.54. The number of aliphatic hydroxyl groups excluding tert-OH is 1. The molecular formula is C9H15N3O2S. The molecule has 6 heteroatoms. The van der Waals surface area contributed by atoms with Gasteiger partial charge >= 0.3 is 0 Å². The van der Waals surface area contributed by atoms with E-state index in [9.17, 15) is 4.79 Å². The third-order valence-electron chi connectivity index (χ3n) is 1.80. The number of carbonyl (C=O) groups is 1. The van der Waals surface area contributed by atoms with Gasteiger partial charge in [0.1, 0.15) is 10.7 Å². The molecule has 0 radical (unpaired) electrons. The number of nitrogens with zero attached hydrogens (tertiary/aromatic N) is 1. The van der Waals surface area contributed by atoms with Crippen LogP contribution in [0.2, 0.25) is 0 Å². The maximum Gasteiger partial charge on any atom is 0.271 e. The number of nitrogens with one attached hydrogen (secondary N) is 1. The highest BCUT2D eigenvalue weighted by molar-refractivity contribution is 7.09. The van der Waals surface area contributed by atoms with E-state index < -0.39 is 0 Å². The molecular weight excluding hydrogens is 214 g/mol. The number of aromatic nitrogens is 1. The highest BCUT2D eigenvalue weighted by Gasteiger charge is 2.14. The molecule has 0 aliphatic carbocycles. The largest absolute Gasteiger partial charge is 0.394 e. The number of nitrogens with two attached hydrogens (primary N) is 1. The predicted molar refractivity (Wildman–Crippen MR) is 58.7 cm³/mol. The highest BCUT2D eigenvalue weighted by atomic mass is 32.1. The first-order chi connectivity index (χ1) is 7.04. The number of carbonyl (C=O) groups excluding carboxylic acids is 1. The second-order valence-corrected chi connectivity index (χ2v) is 4.31. The topological polar surface area (TPSA) is 88.2 Å². The van der Waals surface area contributed by atoms with Crippen molar-refractivity contribution in [2.24, 2.45) is 5.73 Å². The van der Waals surface area contributed by atoms with Crippen molar-refractivity contribution in [3.8, 4) is 0 Å².